The number of halogens is 3. The van der Waals surface area contributed by atoms with Gasteiger partial charge in [-0.3, -0.25) is 0 Å². The van der Waals surface area contributed by atoms with E-state index in [4.69, 9.17) is 0 Å². The molecule has 0 nitrogen and oxygen atoms in total. The van der Waals surface area contributed by atoms with Gasteiger partial charge in [-0.1, -0.05) is 22.6 Å². The second-order valence-electron chi connectivity index (χ2n) is 2.10. The molecule has 1 rings (SSSR count). The normalized spacial score (nSPS) is 47.6. The molecule has 0 aliphatic heterocycles. The summed E-state index contributed by atoms with van der Waals surface area (Å²) in [6.45, 7) is 0. The molecular formula is C5H7F2I. The maximum absolute atomic E-state index is 12.2. The lowest BCUT2D eigenvalue weighted by atomic mass is 10.3. The Balaban J connectivity index is 2.39. The lowest BCUT2D eigenvalue weighted by Crippen LogP contribution is -2.06. The maximum atomic E-state index is 12.2. The third-order valence-electron chi connectivity index (χ3n) is 1.35. The second-order valence-corrected chi connectivity index (χ2v) is 3.86. The van der Waals surface area contributed by atoms with Crippen molar-refractivity contribution in [2.75, 3.05) is 0 Å². The summed E-state index contributed by atoms with van der Waals surface area (Å²) in [5.41, 5.74) is 0. The van der Waals surface area contributed by atoms with Crippen molar-refractivity contribution in [2.45, 2.75) is 29.1 Å². The Morgan fingerprint density at radius 2 is 1.50 bits per heavy atom. The number of hydrogen-bond donors (Lipinski definition) is 0. The Morgan fingerprint density at radius 1 is 1.12 bits per heavy atom. The van der Waals surface area contributed by atoms with E-state index >= 15 is 0 Å². The lowest BCUT2D eigenvalue weighted by molar-refractivity contribution is 0.199. The predicted octanol–water partition coefficient (Wildman–Crippen LogP) is 2.26. The summed E-state index contributed by atoms with van der Waals surface area (Å²) in [6, 6.07) is 0. The second kappa shape index (κ2) is 2.45. The van der Waals surface area contributed by atoms with Gasteiger partial charge in [0, 0.05) is 3.92 Å². The van der Waals surface area contributed by atoms with Crippen molar-refractivity contribution in [1.82, 2.24) is 0 Å². The first kappa shape index (κ1) is 6.71. The van der Waals surface area contributed by atoms with E-state index in [0.717, 1.165) is 0 Å². The number of rotatable bonds is 0. The fourth-order valence-corrected chi connectivity index (χ4v) is 1.85. The van der Waals surface area contributed by atoms with Gasteiger partial charge in [0.2, 0.25) is 0 Å². The summed E-state index contributed by atoms with van der Waals surface area (Å²) in [5, 5.41) is 0. The number of alkyl halides is 3. The zero-order valence-corrected chi connectivity index (χ0v) is 6.44. The summed E-state index contributed by atoms with van der Waals surface area (Å²) in [5.74, 6) is 0. The first-order valence-corrected chi connectivity index (χ1v) is 3.87. The van der Waals surface area contributed by atoms with Gasteiger partial charge >= 0.3 is 0 Å². The first-order chi connectivity index (χ1) is 3.70. The molecule has 0 bridgehead atoms. The average Bonchev–Trinajstić information content (AvgIpc) is 1.85. The van der Waals surface area contributed by atoms with E-state index in [9.17, 15) is 8.78 Å². The minimum absolute atomic E-state index is 0.220. The summed E-state index contributed by atoms with van der Waals surface area (Å²) < 4.78 is 24.6. The minimum atomic E-state index is -1.18. The molecule has 0 N–H and O–H groups in total. The molecule has 0 radical (unpaired) electrons. The summed E-state index contributed by atoms with van der Waals surface area (Å²) in [6.07, 6.45) is -1.56. The average molecular weight is 232 g/mol. The molecule has 1 aliphatic rings. The molecule has 0 aromatic carbocycles. The van der Waals surface area contributed by atoms with Crippen LogP contribution in [0, 0.1) is 0 Å². The molecule has 1 saturated carbocycles. The Kier molecular flexibility index (Phi) is 2.06. The molecule has 0 spiro atoms. The number of hydrogen-bond acceptors (Lipinski definition) is 0. The van der Waals surface area contributed by atoms with Crippen LogP contribution in [0.15, 0.2) is 0 Å². The molecule has 1 fully saturated rings. The van der Waals surface area contributed by atoms with Crippen LogP contribution in [0.3, 0.4) is 0 Å². The van der Waals surface area contributed by atoms with E-state index in [1.54, 1.807) is 0 Å². The molecule has 0 aromatic rings. The third kappa shape index (κ3) is 1.30. The van der Waals surface area contributed by atoms with Crippen LogP contribution in [0.1, 0.15) is 12.8 Å². The maximum Gasteiger partial charge on any atom is 0.132 e. The highest BCUT2D eigenvalue weighted by atomic mass is 127. The molecule has 3 heteroatoms. The molecule has 0 amide bonds. The smallest absolute Gasteiger partial charge is 0.132 e. The van der Waals surface area contributed by atoms with Crippen molar-refractivity contribution >= 4 is 22.6 Å². The first-order valence-electron chi connectivity index (χ1n) is 2.62. The molecule has 8 heavy (non-hydrogen) atoms. The quantitative estimate of drug-likeness (QED) is 0.444. The Bertz CT molecular complexity index is 76.5. The Hall–Kier alpha value is 0.590. The van der Waals surface area contributed by atoms with E-state index in [1.165, 1.54) is 0 Å². The third-order valence-corrected chi connectivity index (χ3v) is 2.37. The standard InChI is InChI=1S/C5H7F2I/c6-4-1-3(8)2-5(4)7/h3-5H,1-2H2/t3-,4+,5-. The molecule has 48 valence electrons. The van der Waals surface area contributed by atoms with Crippen LogP contribution in [-0.4, -0.2) is 16.3 Å². The van der Waals surface area contributed by atoms with Crippen LogP contribution >= 0.6 is 22.6 Å². The van der Waals surface area contributed by atoms with Crippen LogP contribution in [0.25, 0.3) is 0 Å². The predicted molar refractivity (Wildman–Crippen MR) is 36.8 cm³/mol. The highest BCUT2D eigenvalue weighted by Gasteiger charge is 2.32. The minimum Gasteiger partial charge on any atom is -0.244 e. The van der Waals surface area contributed by atoms with Crippen molar-refractivity contribution in [2.24, 2.45) is 0 Å². The molecule has 1 aliphatic carbocycles. The van der Waals surface area contributed by atoms with Crippen LogP contribution in [0.4, 0.5) is 8.78 Å². The molecule has 0 saturated heterocycles. The van der Waals surface area contributed by atoms with Gasteiger partial charge in [-0.05, 0) is 12.8 Å². The fourth-order valence-electron chi connectivity index (χ4n) is 0.880. The van der Waals surface area contributed by atoms with Gasteiger partial charge in [-0.15, -0.1) is 0 Å². The Morgan fingerprint density at radius 3 is 1.62 bits per heavy atom. The van der Waals surface area contributed by atoms with Gasteiger partial charge in [-0.2, -0.15) is 0 Å². The van der Waals surface area contributed by atoms with Crippen molar-refractivity contribution in [3.63, 3.8) is 0 Å². The van der Waals surface area contributed by atoms with Gasteiger partial charge < -0.3 is 0 Å². The van der Waals surface area contributed by atoms with Crippen LogP contribution in [0.5, 0.6) is 0 Å². The highest BCUT2D eigenvalue weighted by Crippen LogP contribution is 2.30. The van der Waals surface area contributed by atoms with Crippen LogP contribution in [0.2, 0.25) is 0 Å². The summed E-state index contributed by atoms with van der Waals surface area (Å²) in [7, 11) is 0. The van der Waals surface area contributed by atoms with Crippen LogP contribution < -0.4 is 0 Å². The van der Waals surface area contributed by atoms with E-state index in [1.807, 2.05) is 0 Å². The summed E-state index contributed by atoms with van der Waals surface area (Å²) in [4.78, 5) is 0. The molecular weight excluding hydrogens is 225 g/mol. The van der Waals surface area contributed by atoms with Gasteiger partial charge in [0.05, 0.1) is 0 Å². The van der Waals surface area contributed by atoms with Crippen molar-refractivity contribution in [1.29, 1.82) is 0 Å². The van der Waals surface area contributed by atoms with Crippen LogP contribution in [-0.2, 0) is 0 Å². The molecule has 0 aromatic heterocycles. The van der Waals surface area contributed by atoms with Gasteiger partial charge in [-0.25, -0.2) is 8.78 Å². The largest absolute Gasteiger partial charge is 0.244 e. The van der Waals surface area contributed by atoms with Gasteiger partial charge in [0.15, 0.2) is 0 Å². The van der Waals surface area contributed by atoms with E-state index in [-0.39, 0.29) is 3.92 Å². The molecule has 0 unspecified atom stereocenters. The SMILES string of the molecule is F[C@@H]1C[C@H](I)C[C@@H]1F. The van der Waals surface area contributed by atoms with Crippen molar-refractivity contribution in [3.8, 4) is 0 Å². The van der Waals surface area contributed by atoms with E-state index < -0.39 is 12.3 Å². The topological polar surface area (TPSA) is 0 Å². The van der Waals surface area contributed by atoms with E-state index in [2.05, 4.69) is 22.6 Å². The van der Waals surface area contributed by atoms with Crippen molar-refractivity contribution < 1.29 is 8.78 Å². The van der Waals surface area contributed by atoms with E-state index in [0.29, 0.717) is 12.8 Å². The molecule has 0 heterocycles. The highest BCUT2D eigenvalue weighted by molar-refractivity contribution is 14.1. The molecule has 3 atom stereocenters. The lowest BCUT2D eigenvalue weighted by Gasteiger charge is -1.96. The summed E-state index contributed by atoms with van der Waals surface area (Å²) >= 11 is 2.08. The monoisotopic (exact) mass is 232 g/mol. The zero-order valence-electron chi connectivity index (χ0n) is 4.28. The zero-order chi connectivity index (χ0) is 6.15. The fraction of sp³-hybridized carbons (Fsp3) is 1.00. The van der Waals surface area contributed by atoms with Crippen molar-refractivity contribution in [3.05, 3.63) is 0 Å². The van der Waals surface area contributed by atoms with Gasteiger partial charge in [0.25, 0.3) is 0 Å². The van der Waals surface area contributed by atoms with Gasteiger partial charge in [0.1, 0.15) is 12.3 Å². The Labute approximate surface area is 60.8 Å².